The topological polar surface area (TPSA) is 56.5 Å². The van der Waals surface area contributed by atoms with Crippen LogP contribution < -0.4 is 20.5 Å². The van der Waals surface area contributed by atoms with E-state index in [9.17, 15) is 0 Å². The molecule has 4 nitrogen and oxygen atoms in total. The molecule has 114 valence electrons. The van der Waals surface area contributed by atoms with Crippen LogP contribution in [-0.2, 0) is 6.54 Å². The number of nitrogens with two attached hydrogens (primary N) is 1. The van der Waals surface area contributed by atoms with Crippen LogP contribution in [0.3, 0.4) is 0 Å². The van der Waals surface area contributed by atoms with Gasteiger partial charge in [0.2, 0.25) is 0 Å². The molecule has 2 aromatic rings. The van der Waals surface area contributed by atoms with Crippen molar-refractivity contribution in [3.63, 3.8) is 0 Å². The van der Waals surface area contributed by atoms with Crippen LogP contribution in [0.2, 0.25) is 0 Å². The first-order valence-electron chi connectivity index (χ1n) is 6.46. The summed E-state index contributed by atoms with van der Waals surface area (Å²) in [7, 11) is 3.31. The van der Waals surface area contributed by atoms with Crippen molar-refractivity contribution in [3.8, 4) is 11.5 Å². The van der Waals surface area contributed by atoms with Crippen LogP contribution in [0, 0.1) is 6.92 Å². The second kappa shape index (κ2) is 7.76. The molecule has 0 aromatic heterocycles. The van der Waals surface area contributed by atoms with Crippen LogP contribution in [0.1, 0.15) is 11.1 Å². The predicted molar refractivity (Wildman–Crippen MR) is 89.1 cm³/mol. The number of rotatable bonds is 5. The molecule has 2 rings (SSSR count). The number of nitrogens with one attached hydrogen (secondary N) is 1. The summed E-state index contributed by atoms with van der Waals surface area (Å²) in [5, 5.41) is 3.38. The van der Waals surface area contributed by atoms with E-state index in [1.807, 2.05) is 36.4 Å². The number of hydrogen-bond donors (Lipinski definition) is 2. The van der Waals surface area contributed by atoms with E-state index in [-0.39, 0.29) is 12.4 Å². The Bertz CT molecular complexity index is 603. The Morgan fingerprint density at radius 3 is 2.43 bits per heavy atom. The monoisotopic (exact) mass is 308 g/mol. The minimum absolute atomic E-state index is 0. The molecule has 5 heteroatoms. The van der Waals surface area contributed by atoms with Crippen molar-refractivity contribution in [2.75, 3.05) is 19.5 Å². The standard InChI is InChI=1S/C16H20N2O2.ClH/c1-11-4-6-14(19-2)9-15(11)18-13-5-7-16(20-3)12(8-13)10-17;/h4-9,18H,10,17H2,1-3H3;1H. The number of benzene rings is 2. The second-order valence-electron chi connectivity index (χ2n) is 4.54. The van der Waals surface area contributed by atoms with E-state index in [0.717, 1.165) is 34.0 Å². The van der Waals surface area contributed by atoms with Crippen molar-refractivity contribution >= 4 is 23.8 Å². The molecule has 0 bridgehead atoms. The molecule has 2 aromatic carbocycles. The molecule has 0 radical (unpaired) electrons. The van der Waals surface area contributed by atoms with E-state index in [0.29, 0.717) is 6.54 Å². The second-order valence-corrected chi connectivity index (χ2v) is 4.54. The molecule has 0 aliphatic heterocycles. The number of hydrogen-bond acceptors (Lipinski definition) is 4. The van der Waals surface area contributed by atoms with Gasteiger partial charge < -0.3 is 20.5 Å². The Morgan fingerprint density at radius 1 is 1.05 bits per heavy atom. The molecule has 0 unspecified atom stereocenters. The number of anilines is 2. The van der Waals surface area contributed by atoms with Crippen LogP contribution in [0.25, 0.3) is 0 Å². The summed E-state index contributed by atoms with van der Waals surface area (Å²) in [5.41, 5.74) is 9.84. The lowest BCUT2D eigenvalue weighted by molar-refractivity contribution is 0.410. The van der Waals surface area contributed by atoms with Crippen molar-refractivity contribution in [2.45, 2.75) is 13.5 Å². The van der Waals surface area contributed by atoms with Crippen molar-refractivity contribution in [2.24, 2.45) is 5.73 Å². The molecule has 0 saturated carbocycles. The van der Waals surface area contributed by atoms with Crippen molar-refractivity contribution in [3.05, 3.63) is 47.5 Å². The fourth-order valence-electron chi connectivity index (χ4n) is 2.03. The van der Waals surface area contributed by atoms with E-state index in [1.54, 1.807) is 14.2 Å². The van der Waals surface area contributed by atoms with Crippen LogP contribution >= 0.6 is 12.4 Å². The molecule has 0 amide bonds. The summed E-state index contributed by atoms with van der Waals surface area (Å²) in [6.45, 7) is 2.49. The highest BCUT2D eigenvalue weighted by Gasteiger charge is 2.05. The summed E-state index contributed by atoms with van der Waals surface area (Å²) in [6, 6.07) is 11.8. The average molecular weight is 309 g/mol. The van der Waals surface area contributed by atoms with Crippen LogP contribution in [0.4, 0.5) is 11.4 Å². The first-order valence-corrected chi connectivity index (χ1v) is 6.46. The molecule has 0 spiro atoms. The number of ether oxygens (including phenoxy) is 2. The minimum atomic E-state index is 0. The number of methoxy groups -OCH3 is 2. The molecule has 0 saturated heterocycles. The molecule has 0 fully saturated rings. The minimum Gasteiger partial charge on any atom is -0.497 e. The molecular weight excluding hydrogens is 288 g/mol. The third-order valence-corrected chi connectivity index (χ3v) is 3.22. The van der Waals surface area contributed by atoms with Gasteiger partial charge in [-0.2, -0.15) is 0 Å². The molecule has 0 heterocycles. The SMILES string of the molecule is COc1ccc(C)c(Nc2ccc(OC)c(CN)c2)c1.Cl. The Hall–Kier alpha value is -1.91. The van der Waals surface area contributed by atoms with Gasteiger partial charge in [0.25, 0.3) is 0 Å². The summed E-state index contributed by atoms with van der Waals surface area (Å²) in [5.74, 6) is 1.63. The van der Waals surface area contributed by atoms with Gasteiger partial charge in [-0.05, 0) is 36.8 Å². The van der Waals surface area contributed by atoms with Crippen LogP contribution in [0.15, 0.2) is 36.4 Å². The van der Waals surface area contributed by atoms with Gasteiger partial charge >= 0.3 is 0 Å². The predicted octanol–water partition coefficient (Wildman–Crippen LogP) is 3.64. The van der Waals surface area contributed by atoms with Gasteiger partial charge in [0, 0.05) is 29.5 Å². The zero-order chi connectivity index (χ0) is 14.5. The average Bonchev–Trinajstić information content (AvgIpc) is 2.49. The first-order chi connectivity index (χ1) is 9.67. The normalized spacial score (nSPS) is 9.71. The van der Waals surface area contributed by atoms with E-state index in [2.05, 4.69) is 12.2 Å². The van der Waals surface area contributed by atoms with Gasteiger partial charge in [0.1, 0.15) is 11.5 Å². The van der Waals surface area contributed by atoms with E-state index in [4.69, 9.17) is 15.2 Å². The lowest BCUT2D eigenvalue weighted by atomic mass is 10.1. The van der Waals surface area contributed by atoms with Gasteiger partial charge in [0.15, 0.2) is 0 Å². The zero-order valence-electron chi connectivity index (χ0n) is 12.5. The summed E-state index contributed by atoms with van der Waals surface area (Å²) in [6.07, 6.45) is 0. The maximum atomic E-state index is 5.74. The Labute approximate surface area is 131 Å². The van der Waals surface area contributed by atoms with Crippen LogP contribution in [0.5, 0.6) is 11.5 Å². The zero-order valence-corrected chi connectivity index (χ0v) is 13.3. The van der Waals surface area contributed by atoms with Crippen molar-refractivity contribution in [1.82, 2.24) is 0 Å². The molecule has 0 aliphatic rings. The quantitative estimate of drug-likeness (QED) is 0.885. The molecule has 21 heavy (non-hydrogen) atoms. The highest BCUT2D eigenvalue weighted by Crippen LogP contribution is 2.28. The highest BCUT2D eigenvalue weighted by molar-refractivity contribution is 5.85. The Kier molecular flexibility index (Phi) is 6.34. The smallest absolute Gasteiger partial charge is 0.123 e. The summed E-state index contributed by atoms with van der Waals surface area (Å²) < 4.78 is 10.5. The highest BCUT2D eigenvalue weighted by atomic mass is 35.5. The Balaban J connectivity index is 0.00000220. The third kappa shape index (κ3) is 4.03. The lowest BCUT2D eigenvalue weighted by Gasteiger charge is -2.13. The Morgan fingerprint density at radius 2 is 1.81 bits per heavy atom. The number of aryl methyl sites for hydroxylation is 1. The van der Waals surface area contributed by atoms with Crippen molar-refractivity contribution in [1.29, 1.82) is 0 Å². The molecule has 0 aliphatic carbocycles. The fraction of sp³-hybridized carbons (Fsp3) is 0.250. The van der Waals surface area contributed by atoms with Crippen molar-refractivity contribution < 1.29 is 9.47 Å². The van der Waals surface area contributed by atoms with Gasteiger partial charge in [-0.3, -0.25) is 0 Å². The van der Waals surface area contributed by atoms with Gasteiger partial charge in [-0.1, -0.05) is 6.07 Å². The maximum Gasteiger partial charge on any atom is 0.123 e. The molecular formula is C16H21ClN2O2. The molecule has 0 atom stereocenters. The summed E-state index contributed by atoms with van der Waals surface area (Å²) >= 11 is 0. The van der Waals surface area contributed by atoms with E-state index < -0.39 is 0 Å². The van der Waals surface area contributed by atoms with Gasteiger partial charge in [-0.25, -0.2) is 0 Å². The third-order valence-electron chi connectivity index (χ3n) is 3.22. The largest absolute Gasteiger partial charge is 0.497 e. The van der Waals surface area contributed by atoms with Crippen LogP contribution in [-0.4, -0.2) is 14.2 Å². The van der Waals surface area contributed by atoms with Gasteiger partial charge in [-0.15, -0.1) is 12.4 Å². The summed E-state index contributed by atoms with van der Waals surface area (Å²) in [4.78, 5) is 0. The first kappa shape index (κ1) is 17.1. The lowest BCUT2D eigenvalue weighted by Crippen LogP contribution is -2.01. The fourth-order valence-corrected chi connectivity index (χ4v) is 2.03. The molecule has 3 N–H and O–H groups in total. The number of halogens is 1. The maximum absolute atomic E-state index is 5.74. The van der Waals surface area contributed by atoms with Gasteiger partial charge in [0.05, 0.1) is 14.2 Å². The van der Waals surface area contributed by atoms with E-state index in [1.165, 1.54) is 0 Å². The van der Waals surface area contributed by atoms with E-state index >= 15 is 0 Å².